The van der Waals surface area contributed by atoms with Crippen LogP contribution in [0.15, 0.2) is 70.2 Å². The van der Waals surface area contributed by atoms with Crippen LogP contribution in [0.3, 0.4) is 0 Å². The number of hydrogen-bond donors (Lipinski definition) is 1. The molecule has 1 aromatic heterocycles. The van der Waals surface area contributed by atoms with Crippen LogP contribution in [0, 0.1) is 5.82 Å². The van der Waals surface area contributed by atoms with Gasteiger partial charge in [-0.25, -0.2) is 9.82 Å². The summed E-state index contributed by atoms with van der Waals surface area (Å²) < 4.78 is 29.7. The lowest BCUT2D eigenvalue weighted by molar-refractivity contribution is -0.130. The number of hydrazone groups is 1. The van der Waals surface area contributed by atoms with Gasteiger partial charge in [-0.05, 0) is 48.5 Å². The van der Waals surface area contributed by atoms with Crippen molar-refractivity contribution in [1.82, 2.24) is 5.43 Å². The van der Waals surface area contributed by atoms with Gasteiger partial charge in [0.2, 0.25) is 6.10 Å². The Balaban J connectivity index is 1.36. The maximum absolute atomic E-state index is 13.0. The average Bonchev–Trinajstić information content (AvgIpc) is 3.17. The predicted molar refractivity (Wildman–Crippen MR) is 96.2 cm³/mol. The molecule has 1 aliphatic heterocycles. The number of rotatable bonds is 4. The highest BCUT2D eigenvalue weighted by atomic mass is 19.1. The average molecular weight is 366 g/mol. The topological polar surface area (TPSA) is 73.1 Å². The molecule has 0 aliphatic carbocycles. The molecule has 0 saturated carbocycles. The highest BCUT2D eigenvalue weighted by Gasteiger charge is 2.26. The number of amides is 1. The highest BCUT2D eigenvalue weighted by Crippen LogP contribution is 2.30. The summed E-state index contributed by atoms with van der Waals surface area (Å²) >= 11 is 0. The fraction of sp³-hybridized carbons (Fsp3) is 0.100. The number of fused-ring (bicyclic) bond motifs is 1. The van der Waals surface area contributed by atoms with E-state index in [-0.39, 0.29) is 12.4 Å². The third-order valence-corrected chi connectivity index (χ3v) is 3.92. The first-order valence-corrected chi connectivity index (χ1v) is 8.26. The van der Waals surface area contributed by atoms with Crippen molar-refractivity contribution in [3.8, 4) is 22.8 Å². The summed E-state index contributed by atoms with van der Waals surface area (Å²) in [6.45, 7) is 0.105. The second kappa shape index (κ2) is 7.33. The largest absolute Gasteiger partial charge is 0.485 e. The molecule has 2 heterocycles. The fourth-order valence-electron chi connectivity index (χ4n) is 2.57. The summed E-state index contributed by atoms with van der Waals surface area (Å²) in [5, 5.41) is 3.88. The zero-order valence-electron chi connectivity index (χ0n) is 14.1. The first-order valence-electron chi connectivity index (χ1n) is 8.26. The second-order valence-corrected chi connectivity index (χ2v) is 5.81. The van der Waals surface area contributed by atoms with Crippen molar-refractivity contribution >= 4 is 12.1 Å². The summed E-state index contributed by atoms with van der Waals surface area (Å²) in [5.41, 5.74) is 3.15. The minimum absolute atomic E-state index is 0.105. The molecular weight excluding hydrogens is 351 g/mol. The van der Waals surface area contributed by atoms with Crippen LogP contribution in [0.1, 0.15) is 5.76 Å². The van der Waals surface area contributed by atoms with E-state index >= 15 is 0 Å². The van der Waals surface area contributed by atoms with Crippen molar-refractivity contribution in [2.24, 2.45) is 5.10 Å². The number of nitrogens with one attached hydrogen (secondary N) is 1. The smallest absolute Gasteiger partial charge is 0.284 e. The van der Waals surface area contributed by atoms with Gasteiger partial charge in [-0.15, -0.1) is 0 Å². The molecule has 136 valence electrons. The Labute approximate surface area is 154 Å². The van der Waals surface area contributed by atoms with E-state index < -0.39 is 12.0 Å². The Hall–Kier alpha value is -3.61. The van der Waals surface area contributed by atoms with Gasteiger partial charge >= 0.3 is 0 Å². The van der Waals surface area contributed by atoms with Crippen molar-refractivity contribution in [2.75, 3.05) is 6.61 Å². The number of carbonyl (C=O) groups excluding carboxylic acids is 1. The van der Waals surface area contributed by atoms with Crippen molar-refractivity contribution < 1.29 is 23.1 Å². The van der Waals surface area contributed by atoms with Crippen LogP contribution in [0.25, 0.3) is 11.3 Å². The summed E-state index contributed by atoms with van der Waals surface area (Å²) in [4.78, 5) is 12.2. The number of benzene rings is 2. The Kier molecular flexibility index (Phi) is 4.57. The van der Waals surface area contributed by atoms with E-state index in [1.54, 1.807) is 42.5 Å². The molecule has 4 rings (SSSR count). The summed E-state index contributed by atoms with van der Waals surface area (Å²) in [7, 11) is 0. The lowest BCUT2D eigenvalue weighted by Gasteiger charge is -2.24. The molecule has 0 radical (unpaired) electrons. The van der Waals surface area contributed by atoms with Gasteiger partial charge in [0.1, 0.15) is 23.9 Å². The van der Waals surface area contributed by atoms with Crippen molar-refractivity contribution in [2.45, 2.75) is 6.10 Å². The first kappa shape index (κ1) is 16.8. The van der Waals surface area contributed by atoms with Gasteiger partial charge in [0.05, 0.1) is 6.21 Å². The molecule has 3 aromatic rings. The maximum atomic E-state index is 13.0. The van der Waals surface area contributed by atoms with Gasteiger partial charge in [0, 0.05) is 5.56 Å². The molecule has 0 spiro atoms. The Bertz CT molecular complexity index is 982. The Morgan fingerprint density at radius 3 is 2.67 bits per heavy atom. The fourth-order valence-corrected chi connectivity index (χ4v) is 2.57. The number of ether oxygens (including phenoxy) is 2. The zero-order chi connectivity index (χ0) is 18.6. The Morgan fingerprint density at radius 2 is 1.85 bits per heavy atom. The number of para-hydroxylation sites is 2. The van der Waals surface area contributed by atoms with E-state index in [9.17, 15) is 9.18 Å². The number of carbonyl (C=O) groups is 1. The molecule has 0 bridgehead atoms. The van der Waals surface area contributed by atoms with Crippen LogP contribution < -0.4 is 14.9 Å². The zero-order valence-corrected chi connectivity index (χ0v) is 14.1. The van der Waals surface area contributed by atoms with E-state index in [1.807, 2.05) is 6.07 Å². The minimum Gasteiger partial charge on any atom is -0.485 e. The van der Waals surface area contributed by atoms with Crippen LogP contribution in [0.5, 0.6) is 11.5 Å². The maximum Gasteiger partial charge on any atom is 0.284 e. The standard InChI is InChI=1S/C20H15FN2O4/c21-14-7-5-13(6-8-14)16-10-9-15(26-16)11-22-23-20(24)19-12-25-17-3-1-2-4-18(17)27-19/h1-11,19H,12H2,(H,23,24)/b22-11+. The van der Waals surface area contributed by atoms with E-state index in [1.165, 1.54) is 18.3 Å². The molecule has 1 atom stereocenters. The molecule has 0 fully saturated rings. The third kappa shape index (κ3) is 3.82. The SMILES string of the molecule is O=C(N/N=C/c1ccc(-c2ccc(F)cc2)o1)C1COc2ccccc2O1. The lowest BCUT2D eigenvalue weighted by atomic mass is 10.2. The van der Waals surface area contributed by atoms with E-state index in [0.29, 0.717) is 23.0 Å². The number of furan rings is 1. The molecule has 1 unspecified atom stereocenters. The normalized spacial score (nSPS) is 15.7. The van der Waals surface area contributed by atoms with Crippen molar-refractivity contribution in [3.63, 3.8) is 0 Å². The third-order valence-electron chi connectivity index (χ3n) is 3.92. The van der Waals surface area contributed by atoms with Crippen molar-refractivity contribution in [1.29, 1.82) is 0 Å². The highest BCUT2D eigenvalue weighted by molar-refractivity contribution is 5.84. The minimum atomic E-state index is -0.788. The van der Waals surface area contributed by atoms with E-state index in [4.69, 9.17) is 13.9 Å². The van der Waals surface area contributed by atoms with Gasteiger partial charge in [-0.3, -0.25) is 4.79 Å². The van der Waals surface area contributed by atoms with Crippen LogP contribution in [0.4, 0.5) is 4.39 Å². The summed E-state index contributed by atoms with van der Waals surface area (Å²) in [6.07, 6.45) is 0.589. The monoisotopic (exact) mass is 366 g/mol. The van der Waals surface area contributed by atoms with E-state index in [0.717, 1.165) is 5.56 Å². The van der Waals surface area contributed by atoms with Crippen molar-refractivity contribution in [3.05, 3.63) is 72.2 Å². The van der Waals surface area contributed by atoms with Crippen LogP contribution in [-0.2, 0) is 4.79 Å². The molecule has 7 heteroatoms. The Morgan fingerprint density at radius 1 is 1.07 bits per heavy atom. The molecular formula is C20H15FN2O4. The molecule has 1 N–H and O–H groups in total. The van der Waals surface area contributed by atoms with Gasteiger partial charge in [0.25, 0.3) is 5.91 Å². The predicted octanol–water partition coefficient (Wildman–Crippen LogP) is 3.38. The number of nitrogens with zero attached hydrogens (tertiary/aromatic N) is 1. The van der Waals surface area contributed by atoms with Gasteiger partial charge in [-0.1, -0.05) is 12.1 Å². The molecule has 6 nitrogen and oxygen atoms in total. The first-order chi connectivity index (χ1) is 13.2. The molecule has 2 aromatic carbocycles. The van der Waals surface area contributed by atoms with Crippen LogP contribution in [-0.4, -0.2) is 24.8 Å². The number of hydrogen-bond acceptors (Lipinski definition) is 5. The van der Waals surface area contributed by atoms with Gasteiger partial charge in [-0.2, -0.15) is 5.10 Å². The van der Waals surface area contributed by atoms with Gasteiger partial charge in [0.15, 0.2) is 11.5 Å². The quantitative estimate of drug-likeness (QED) is 0.568. The van der Waals surface area contributed by atoms with E-state index in [2.05, 4.69) is 10.5 Å². The second-order valence-electron chi connectivity index (χ2n) is 5.81. The summed E-state index contributed by atoms with van der Waals surface area (Å²) in [5.74, 6) is 1.40. The summed E-state index contributed by atoms with van der Waals surface area (Å²) in [6, 6.07) is 16.5. The van der Waals surface area contributed by atoms with Crippen LogP contribution >= 0.6 is 0 Å². The number of halogens is 1. The van der Waals surface area contributed by atoms with Gasteiger partial charge < -0.3 is 13.9 Å². The molecule has 0 saturated heterocycles. The van der Waals surface area contributed by atoms with Crippen LogP contribution in [0.2, 0.25) is 0 Å². The molecule has 1 amide bonds. The molecule has 1 aliphatic rings. The lowest BCUT2D eigenvalue weighted by Crippen LogP contribution is -2.42. The molecule has 27 heavy (non-hydrogen) atoms.